The molecule has 0 aliphatic heterocycles. The fourth-order valence-corrected chi connectivity index (χ4v) is 2.85. The summed E-state index contributed by atoms with van der Waals surface area (Å²) in [6.45, 7) is 6.66. The predicted octanol–water partition coefficient (Wildman–Crippen LogP) is 1.43. The maximum atomic E-state index is 11.4. The van der Waals surface area contributed by atoms with E-state index in [2.05, 4.69) is 13.8 Å². The lowest BCUT2D eigenvalue weighted by atomic mass is 9.94. The molecule has 0 aromatic carbocycles. The fourth-order valence-electron chi connectivity index (χ4n) is 1.30. The van der Waals surface area contributed by atoms with Crippen LogP contribution in [-0.4, -0.2) is 26.5 Å². The quantitative estimate of drug-likeness (QED) is 0.707. The SMILES string of the molecule is CCCS(=O)(=O)CCC(C)C(C)CN. The van der Waals surface area contributed by atoms with E-state index in [4.69, 9.17) is 5.73 Å². The van der Waals surface area contributed by atoms with Gasteiger partial charge in [0.25, 0.3) is 0 Å². The van der Waals surface area contributed by atoms with Crippen molar-refractivity contribution in [2.75, 3.05) is 18.1 Å². The lowest BCUT2D eigenvalue weighted by molar-refractivity contribution is 0.385. The summed E-state index contributed by atoms with van der Waals surface area (Å²) in [5.41, 5.74) is 5.52. The number of hydrogen-bond donors (Lipinski definition) is 1. The third-order valence-electron chi connectivity index (χ3n) is 2.74. The Kier molecular flexibility index (Phi) is 6.36. The summed E-state index contributed by atoms with van der Waals surface area (Å²) in [5.74, 6) is 1.43. The van der Waals surface area contributed by atoms with Crippen LogP contribution in [0.25, 0.3) is 0 Å². The molecule has 0 fully saturated rings. The molecule has 0 saturated carbocycles. The number of hydrogen-bond acceptors (Lipinski definition) is 3. The molecule has 0 radical (unpaired) electrons. The topological polar surface area (TPSA) is 60.2 Å². The Labute approximate surface area is 88.0 Å². The minimum Gasteiger partial charge on any atom is -0.330 e. The van der Waals surface area contributed by atoms with Crippen LogP contribution in [0.4, 0.5) is 0 Å². The third kappa shape index (κ3) is 5.60. The molecule has 14 heavy (non-hydrogen) atoms. The maximum Gasteiger partial charge on any atom is 0.150 e. The zero-order chi connectivity index (χ0) is 11.2. The van der Waals surface area contributed by atoms with Crippen molar-refractivity contribution in [2.45, 2.75) is 33.6 Å². The van der Waals surface area contributed by atoms with Crippen LogP contribution in [0.1, 0.15) is 33.6 Å². The summed E-state index contributed by atoms with van der Waals surface area (Å²) in [6.07, 6.45) is 1.45. The molecule has 0 aromatic heterocycles. The largest absolute Gasteiger partial charge is 0.330 e. The van der Waals surface area contributed by atoms with Crippen molar-refractivity contribution in [3.05, 3.63) is 0 Å². The Morgan fingerprint density at radius 1 is 1.14 bits per heavy atom. The average molecular weight is 221 g/mol. The van der Waals surface area contributed by atoms with Crippen LogP contribution < -0.4 is 5.73 Å². The molecule has 2 atom stereocenters. The van der Waals surface area contributed by atoms with Gasteiger partial charge >= 0.3 is 0 Å². The molecule has 2 N–H and O–H groups in total. The van der Waals surface area contributed by atoms with E-state index in [0.717, 1.165) is 6.42 Å². The van der Waals surface area contributed by atoms with Gasteiger partial charge in [-0.1, -0.05) is 20.8 Å². The first-order valence-corrected chi connectivity index (χ1v) is 7.15. The second-order valence-corrected chi connectivity index (χ2v) is 6.43. The highest BCUT2D eigenvalue weighted by Gasteiger charge is 2.15. The van der Waals surface area contributed by atoms with E-state index in [-0.39, 0.29) is 0 Å². The monoisotopic (exact) mass is 221 g/mol. The molecule has 0 heterocycles. The second-order valence-electron chi connectivity index (χ2n) is 4.13. The van der Waals surface area contributed by atoms with Crippen molar-refractivity contribution < 1.29 is 8.42 Å². The van der Waals surface area contributed by atoms with Crippen LogP contribution in [0.15, 0.2) is 0 Å². The van der Waals surface area contributed by atoms with Gasteiger partial charge in [-0.25, -0.2) is 8.42 Å². The highest BCUT2D eigenvalue weighted by Crippen LogP contribution is 2.15. The van der Waals surface area contributed by atoms with E-state index < -0.39 is 9.84 Å². The molecule has 0 amide bonds. The van der Waals surface area contributed by atoms with Crippen molar-refractivity contribution in [3.63, 3.8) is 0 Å². The molecular formula is C10H23NO2S. The van der Waals surface area contributed by atoms with Gasteiger partial charge in [-0.05, 0) is 31.2 Å². The van der Waals surface area contributed by atoms with E-state index in [0.29, 0.717) is 36.3 Å². The van der Waals surface area contributed by atoms with Gasteiger partial charge in [0, 0.05) is 5.75 Å². The lowest BCUT2D eigenvalue weighted by Crippen LogP contribution is -2.21. The van der Waals surface area contributed by atoms with Gasteiger partial charge in [0.1, 0.15) is 9.84 Å². The molecule has 2 unspecified atom stereocenters. The summed E-state index contributed by atoms with van der Waals surface area (Å²) in [6, 6.07) is 0. The smallest absolute Gasteiger partial charge is 0.150 e. The van der Waals surface area contributed by atoms with Gasteiger partial charge < -0.3 is 5.73 Å². The van der Waals surface area contributed by atoms with Gasteiger partial charge in [0.2, 0.25) is 0 Å². The molecule has 0 rings (SSSR count). The Morgan fingerprint density at radius 3 is 2.14 bits per heavy atom. The Bertz CT molecular complexity index is 237. The molecule has 4 heteroatoms. The van der Waals surface area contributed by atoms with E-state index in [9.17, 15) is 8.42 Å². The summed E-state index contributed by atoms with van der Waals surface area (Å²) in [5, 5.41) is 0. The second kappa shape index (κ2) is 6.40. The number of sulfone groups is 1. The maximum absolute atomic E-state index is 11.4. The first-order valence-electron chi connectivity index (χ1n) is 5.33. The van der Waals surface area contributed by atoms with E-state index in [1.165, 1.54) is 0 Å². The fraction of sp³-hybridized carbons (Fsp3) is 1.00. The van der Waals surface area contributed by atoms with Crippen molar-refractivity contribution in [1.82, 2.24) is 0 Å². The van der Waals surface area contributed by atoms with Crippen LogP contribution in [0.2, 0.25) is 0 Å². The molecule has 86 valence electrons. The molecule has 0 aliphatic carbocycles. The third-order valence-corrected chi connectivity index (χ3v) is 4.63. The van der Waals surface area contributed by atoms with Crippen molar-refractivity contribution in [3.8, 4) is 0 Å². The standard InChI is InChI=1S/C10H23NO2S/c1-4-6-14(12,13)7-5-9(2)10(3)8-11/h9-10H,4-8,11H2,1-3H3. The lowest BCUT2D eigenvalue weighted by Gasteiger charge is -2.17. The molecule has 0 aliphatic rings. The molecule has 0 saturated heterocycles. The first kappa shape index (κ1) is 13.9. The Balaban J connectivity index is 3.93. The Morgan fingerprint density at radius 2 is 1.71 bits per heavy atom. The highest BCUT2D eigenvalue weighted by molar-refractivity contribution is 7.91. The van der Waals surface area contributed by atoms with E-state index in [1.807, 2.05) is 6.92 Å². The predicted molar refractivity (Wildman–Crippen MR) is 60.9 cm³/mol. The van der Waals surface area contributed by atoms with Gasteiger partial charge in [-0.2, -0.15) is 0 Å². The average Bonchev–Trinajstić information content (AvgIpc) is 2.13. The Hall–Kier alpha value is -0.0900. The number of rotatable bonds is 7. The summed E-state index contributed by atoms with van der Waals surface area (Å²) < 4.78 is 22.8. The summed E-state index contributed by atoms with van der Waals surface area (Å²) in [4.78, 5) is 0. The van der Waals surface area contributed by atoms with Crippen molar-refractivity contribution in [1.29, 1.82) is 0 Å². The minimum absolute atomic E-state index is 0.312. The molecule has 3 nitrogen and oxygen atoms in total. The van der Waals surface area contributed by atoms with Crippen LogP contribution in [0.3, 0.4) is 0 Å². The van der Waals surface area contributed by atoms with Crippen molar-refractivity contribution >= 4 is 9.84 Å². The van der Waals surface area contributed by atoms with Crippen LogP contribution in [0, 0.1) is 11.8 Å². The van der Waals surface area contributed by atoms with Crippen molar-refractivity contribution in [2.24, 2.45) is 17.6 Å². The zero-order valence-electron chi connectivity index (χ0n) is 9.49. The van der Waals surface area contributed by atoms with Crippen LogP contribution in [-0.2, 0) is 9.84 Å². The molecular weight excluding hydrogens is 198 g/mol. The normalized spacial score (nSPS) is 16.6. The molecule has 0 bridgehead atoms. The first-order chi connectivity index (χ1) is 6.43. The van der Waals surface area contributed by atoms with Crippen LogP contribution in [0.5, 0.6) is 0 Å². The summed E-state index contributed by atoms with van der Waals surface area (Å²) >= 11 is 0. The molecule has 0 aromatic rings. The van der Waals surface area contributed by atoms with E-state index >= 15 is 0 Å². The zero-order valence-corrected chi connectivity index (χ0v) is 10.3. The minimum atomic E-state index is -2.81. The van der Waals surface area contributed by atoms with Crippen LogP contribution >= 0.6 is 0 Å². The van der Waals surface area contributed by atoms with Gasteiger partial charge in [-0.15, -0.1) is 0 Å². The number of nitrogens with two attached hydrogens (primary N) is 1. The van der Waals surface area contributed by atoms with E-state index in [1.54, 1.807) is 0 Å². The summed E-state index contributed by atoms with van der Waals surface area (Å²) in [7, 11) is -2.81. The van der Waals surface area contributed by atoms with Gasteiger partial charge in [-0.3, -0.25) is 0 Å². The molecule has 0 spiro atoms. The van der Waals surface area contributed by atoms with Gasteiger partial charge in [0.05, 0.1) is 5.75 Å². The highest BCUT2D eigenvalue weighted by atomic mass is 32.2. The van der Waals surface area contributed by atoms with Gasteiger partial charge in [0.15, 0.2) is 0 Å².